The third kappa shape index (κ3) is 3.07. The first kappa shape index (κ1) is 13.5. The lowest BCUT2D eigenvalue weighted by Gasteiger charge is -2.33. The zero-order valence-corrected chi connectivity index (χ0v) is 11.9. The molecule has 1 aliphatic rings. The Morgan fingerprint density at radius 2 is 2.17 bits per heavy atom. The molecule has 1 aromatic rings. The summed E-state index contributed by atoms with van der Waals surface area (Å²) in [5.41, 5.74) is 0.321. The summed E-state index contributed by atoms with van der Waals surface area (Å²) in [6, 6.07) is 2.71. The highest BCUT2D eigenvalue weighted by Gasteiger charge is 2.26. The third-order valence-corrected chi connectivity index (χ3v) is 4.17. The van der Waals surface area contributed by atoms with Crippen molar-refractivity contribution in [1.29, 1.82) is 0 Å². The van der Waals surface area contributed by atoms with Gasteiger partial charge in [-0.15, -0.1) is 0 Å². The second kappa shape index (κ2) is 5.78. The Hall–Kier alpha value is -0.970. The molecule has 0 aliphatic carbocycles. The summed E-state index contributed by atoms with van der Waals surface area (Å²) < 4.78 is 12.7. The summed E-state index contributed by atoms with van der Waals surface area (Å²) in [4.78, 5) is 18.2. The van der Waals surface area contributed by atoms with Gasteiger partial charge in [0.2, 0.25) is 0 Å². The van der Waals surface area contributed by atoms with Crippen LogP contribution >= 0.6 is 15.9 Å². The van der Waals surface area contributed by atoms with Crippen LogP contribution in [0.1, 0.15) is 30.3 Å². The summed E-state index contributed by atoms with van der Waals surface area (Å²) in [5, 5.41) is 0. The van der Waals surface area contributed by atoms with Gasteiger partial charge in [-0.3, -0.25) is 4.79 Å². The van der Waals surface area contributed by atoms with E-state index in [1.165, 1.54) is 12.1 Å². The predicted octanol–water partition coefficient (Wildman–Crippen LogP) is 2.86. The number of hydrogen-bond acceptors (Lipinski definition) is 2. The molecule has 1 saturated heterocycles. The predicted molar refractivity (Wildman–Crippen MR) is 71.2 cm³/mol. The number of hydrogen-bond donors (Lipinski definition) is 0. The fraction of sp³-hybridized carbons (Fsp3) is 0.538. The number of carbonyl (C=O) groups is 1. The molecule has 1 atom stereocenters. The van der Waals surface area contributed by atoms with Crippen LogP contribution in [-0.2, 0) is 0 Å². The lowest BCUT2D eigenvalue weighted by Crippen LogP contribution is -2.40. The van der Waals surface area contributed by atoms with E-state index in [2.05, 4.69) is 27.8 Å². The van der Waals surface area contributed by atoms with Crippen LogP contribution in [0.3, 0.4) is 0 Å². The molecule has 0 spiro atoms. The van der Waals surface area contributed by atoms with E-state index >= 15 is 0 Å². The number of nitrogens with zero attached hydrogens (tertiary/aromatic N) is 2. The maximum atomic E-state index is 12.7. The Labute approximate surface area is 115 Å². The maximum absolute atomic E-state index is 12.7. The first-order valence-corrected chi connectivity index (χ1v) is 7.04. The average Bonchev–Trinajstić information content (AvgIpc) is 2.39. The molecule has 1 amide bonds. The van der Waals surface area contributed by atoms with Crippen LogP contribution in [0.25, 0.3) is 0 Å². The maximum Gasteiger partial charge on any atom is 0.272 e. The van der Waals surface area contributed by atoms with E-state index in [1.54, 1.807) is 4.90 Å². The highest BCUT2D eigenvalue weighted by Crippen LogP contribution is 2.25. The first-order chi connectivity index (χ1) is 8.58. The van der Waals surface area contributed by atoms with Crippen molar-refractivity contribution in [2.75, 3.05) is 13.1 Å². The monoisotopic (exact) mass is 314 g/mol. The third-order valence-electron chi connectivity index (χ3n) is 3.42. The van der Waals surface area contributed by atoms with Crippen LogP contribution < -0.4 is 0 Å². The van der Waals surface area contributed by atoms with Crippen molar-refractivity contribution >= 4 is 21.8 Å². The van der Waals surface area contributed by atoms with E-state index in [-0.39, 0.29) is 5.91 Å². The van der Waals surface area contributed by atoms with Gasteiger partial charge in [0, 0.05) is 17.9 Å². The van der Waals surface area contributed by atoms with Crippen LogP contribution in [0.2, 0.25) is 0 Å². The zero-order valence-electron chi connectivity index (χ0n) is 10.3. The molecule has 3 nitrogen and oxygen atoms in total. The van der Waals surface area contributed by atoms with Gasteiger partial charge in [0.25, 0.3) is 5.91 Å². The molecule has 98 valence electrons. The Morgan fingerprint density at radius 3 is 2.67 bits per heavy atom. The normalized spacial score (nSPS) is 18.7. The van der Waals surface area contributed by atoms with Gasteiger partial charge in [-0.2, -0.15) is 0 Å². The number of pyridine rings is 1. The number of likely N-dealkylation sites (tertiary alicyclic amines) is 1. The second-order valence-electron chi connectivity index (χ2n) is 4.67. The van der Waals surface area contributed by atoms with Crippen molar-refractivity contribution < 1.29 is 9.18 Å². The molecule has 0 aromatic carbocycles. The molecule has 2 rings (SSSR count). The molecule has 1 unspecified atom stereocenters. The van der Waals surface area contributed by atoms with Crippen LogP contribution in [-0.4, -0.2) is 33.7 Å². The first-order valence-electron chi connectivity index (χ1n) is 6.13. The van der Waals surface area contributed by atoms with E-state index in [4.69, 9.17) is 0 Å². The van der Waals surface area contributed by atoms with Crippen LogP contribution in [0, 0.1) is 11.7 Å². The molecule has 1 aromatic heterocycles. The number of aromatic nitrogens is 1. The molecule has 1 aliphatic heterocycles. The van der Waals surface area contributed by atoms with Crippen molar-refractivity contribution in [2.24, 2.45) is 5.92 Å². The van der Waals surface area contributed by atoms with Gasteiger partial charge in [0.05, 0.1) is 6.20 Å². The largest absolute Gasteiger partial charge is 0.337 e. The molecular weight excluding hydrogens is 299 g/mol. The van der Waals surface area contributed by atoms with Gasteiger partial charge in [-0.25, -0.2) is 9.37 Å². The van der Waals surface area contributed by atoms with Crippen molar-refractivity contribution in [3.05, 3.63) is 29.8 Å². The van der Waals surface area contributed by atoms with E-state index in [9.17, 15) is 9.18 Å². The van der Waals surface area contributed by atoms with Gasteiger partial charge in [0.15, 0.2) is 0 Å². The van der Waals surface area contributed by atoms with E-state index in [1.807, 2.05) is 0 Å². The SMILES string of the molecule is CC(Br)C1CCN(C(=O)c2ccc(F)cn2)CC1. The lowest BCUT2D eigenvalue weighted by atomic mass is 9.94. The minimum atomic E-state index is -0.418. The Morgan fingerprint density at radius 1 is 1.50 bits per heavy atom. The minimum absolute atomic E-state index is 0.101. The van der Waals surface area contributed by atoms with Gasteiger partial charge in [0.1, 0.15) is 11.5 Å². The van der Waals surface area contributed by atoms with Crippen LogP contribution in [0.5, 0.6) is 0 Å². The smallest absolute Gasteiger partial charge is 0.272 e. The molecular formula is C13H16BrFN2O. The topological polar surface area (TPSA) is 33.2 Å². The molecule has 5 heteroatoms. The summed E-state index contributed by atoms with van der Waals surface area (Å²) in [6.07, 6.45) is 3.08. The fourth-order valence-electron chi connectivity index (χ4n) is 2.23. The number of halogens is 2. The molecule has 0 bridgehead atoms. The number of piperidine rings is 1. The standard InChI is InChI=1S/C13H16BrFN2O/c1-9(14)10-4-6-17(7-5-10)13(18)12-3-2-11(15)8-16-12/h2-3,8-10H,4-7H2,1H3. The van der Waals surface area contributed by atoms with Crippen molar-refractivity contribution in [2.45, 2.75) is 24.6 Å². The van der Waals surface area contributed by atoms with Gasteiger partial charge in [-0.05, 0) is 30.9 Å². The molecule has 0 N–H and O–H groups in total. The summed E-state index contributed by atoms with van der Waals surface area (Å²) in [6.45, 7) is 3.64. The molecule has 18 heavy (non-hydrogen) atoms. The van der Waals surface area contributed by atoms with Crippen LogP contribution in [0.4, 0.5) is 4.39 Å². The number of rotatable bonds is 2. The van der Waals surface area contributed by atoms with Crippen molar-refractivity contribution in [1.82, 2.24) is 9.88 Å². The highest BCUT2D eigenvalue weighted by atomic mass is 79.9. The van der Waals surface area contributed by atoms with Gasteiger partial charge < -0.3 is 4.90 Å². The van der Waals surface area contributed by atoms with Crippen LogP contribution in [0.15, 0.2) is 18.3 Å². The zero-order chi connectivity index (χ0) is 13.1. The summed E-state index contributed by atoms with van der Waals surface area (Å²) in [7, 11) is 0. The summed E-state index contributed by atoms with van der Waals surface area (Å²) in [5.74, 6) is 0.101. The second-order valence-corrected chi connectivity index (χ2v) is 6.11. The lowest BCUT2D eigenvalue weighted by molar-refractivity contribution is 0.0685. The molecule has 2 heterocycles. The summed E-state index contributed by atoms with van der Waals surface area (Å²) >= 11 is 3.59. The van der Waals surface area contributed by atoms with Crippen molar-refractivity contribution in [3.8, 4) is 0 Å². The Balaban J connectivity index is 1.97. The number of amides is 1. The van der Waals surface area contributed by atoms with Gasteiger partial charge in [-0.1, -0.05) is 22.9 Å². The fourth-order valence-corrected chi connectivity index (χ4v) is 2.75. The quantitative estimate of drug-likeness (QED) is 0.786. The Bertz CT molecular complexity index is 414. The Kier molecular flexibility index (Phi) is 4.32. The average molecular weight is 315 g/mol. The van der Waals surface area contributed by atoms with Gasteiger partial charge >= 0.3 is 0 Å². The molecule has 0 saturated carbocycles. The van der Waals surface area contributed by atoms with E-state index in [0.717, 1.165) is 32.1 Å². The highest BCUT2D eigenvalue weighted by molar-refractivity contribution is 9.09. The van der Waals surface area contributed by atoms with E-state index in [0.29, 0.717) is 16.4 Å². The molecule has 1 fully saturated rings. The minimum Gasteiger partial charge on any atom is -0.337 e. The molecule has 0 radical (unpaired) electrons. The van der Waals surface area contributed by atoms with E-state index < -0.39 is 5.82 Å². The number of alkyl halides is 1. The van der Waals surface area contributed by atoms with Crippen molar-refractivity contribution in [3.63, 3.8) is 0 Å². The number of carbonyl (C=O) groups excluding carboxylic acids is 1.